The highest BCUT2D eigenvalue weighted by Gasteiger charge is 2.42. The molecule has 1 aromatic carbocycles. The lowest BCUT2D eigenvalue weighted by Gasteiger charge is -2.44. The quantitative estimate of drug-likeness (QED) is 0.250. The maximum Gasteiger partial charge on any atom is 0.416 e. The summed E-state index contributed by atoms with van der Waals surface area (Å²) < 4.78 is 76.0. The van der Waals surface area contributed by atoms with Crippen LogP contribution in [-0.4, -0.2) is 41.0 Å². The Bertz CT molecular complexity index is 738. The fourth-order valence-corrected chi connectivity index (χ4v) is 3.84. The van der Waals surface area contributed by atoms with Gasteiger partial charge < -0.3 is 5.11 Å². The Morgan fingerprint density at radius 2 is 1.70 bits per heavy atom. The molecule has 0 radical (unpaired) electrons. The van der Waals surface area contributed by atoms with Gasteiger partial charge in [0, 0.05) is 18.2 Å². The van der Waals surface area contributed by atoms with Gasteiger partial charge in [-0.15, -0.1) is 0 Å². The van der Waals surface area contributed by atoms with Crippen LogP contribution >= 0.6 is 30.1 Å². The lowest BCUT2D eigenvalue weighted by atomic mass is 9.71. The summed E-state index contributed by atoms with van der Waals surface area (Å²) in [5.74, 6) is 0.00551. The van der Waals surface area contributed by atoms with E-state index in [2.05, 4.69) is 28.1 Å². The zero-order valence-corrected chi connectivity index (χ0v) is 21.7. The van der Waals surface area contributed by atoms with Crippen molar-refractivity contribution in [1.82, 2.24) is 4.90 Å². The first-order chi connectivity index (χ1) is 15.1. The van der Waals surface area contributed by atoms with E-state index in [1.165, 1.54) is 17.9 Å². The Morgan fingerprint density at radius 3 is 2.12 bits per heavy atom. The normalized spacial score (nSPS) is 20.2. The maximum atomic E-state index is 12.8. The minimum Gasteiger partial charge on any atom is -0.481 e. The number of alkyl halides is 6. The fourth-order valence-electron chi connectivity index (χ4n) is 3.84. The highest BCUT2D eigenvalue weighted by atomic mass is 127. The van der Waals surface area contributed by atoms with Gasteiger partial charge in [-0.05, 0) is 91.0 Å². The SMILES string of the molecule is CC(C)(C(=O)O)C1CCN(CCCC(F)(F)F)C(c2ccc(C(F)(F)F)cc2)C1.CCSI. The monoisotopic (exact) mass is 613 g/mol. The number of carbonyl (C=O) groups is 1. The third kappa shape index (κ3) is 9.83. The van der Waals surface area contributed by atoms with Gasteiger partial charge in [0.25, 0.3) is 0 Å². The van der Waals surface area contributed by atoms with E-state index in [1.807, 2.05) is 13.8 Å². The summed E-state index contributed by atoms with van der Waals surface area (Å²) in [5.41, 5.74) is -1.29. The Kier molecular flexibility index (Phi) is 11.8. The van der Waals surface area contributed by atoms with E-state index >= 15 is 0 Å². The van der Waals surface area contributed by atoms with E-state index in [0.717, 1.165) is 12.1 Å². The molecule has 33 heavy (non-hydrogen) atoms. The molecular formula is C22H30F6INO2S. The summed E-state index contributed by atoms with van der Waals surface area (Å²) in [5, 5.41) is 9.51. The van der Waals surface area contributed by atoms with Gasteiger partial charge in [-0.2, -0.15) is 26.3 Å². The molecule has 1 aromatic rings. The molecule has 190 valence electrons. The van der Waals surface area contributed by atoms with Crippen LogP contribution in [0.3, 0.4) is 0 Å². The third-order valence-electron chi connectivity index (χ3n) is 5.92. The Balaban J connectivity index is 0.00000125. The number of piperidine rings is 1. The summed E-state index contributed by atoms with van der Waals surface area (Å²) in [7, 11) is 1.83. The second-order valence-corrected chi connectivity index (χ2v) is 11.2. The van der Waals surface area contributed by atoms with Crippen molar-refractivity contribution in [3.05, 3.63) is 35.4 Å². The summed E-state index contributed by atoms with van der Waals surface area (Å²) in [6.07, 6.45) is -8.95. The molecule has 2 unspecified atom stereocenters. The van der Waals surface area contributed by atoms with Crippen LogP contribution in [0.5, 0.6) is 0 Å². The number of likely N-dealkylation sites (tertiary alicyclic amines) is 1. The van der Waals surface area contributed by atoms with Crippen molar-refractivity contribution in [3.8, 4) is 0 Å². The minimum absolute atomic E-state index is 0.117. The van der Waals surface area contributed by atoms with Gasteiger partial charge in [-0.25, -0.2) is 0 Å². The van der Waals surface area contributed by atoms with Crippen molar-refractivity contribution in [2.75, 3.05) is 18.8 Å². The van der Waals surface area contributed by atoms with Crippen molar-refractivity contribution in [1.29, 1.82) is 0 Å². The van der Waals surface area contributed by atoms with E-state index in [1.54, 1.807) is 13.8 Å². The highest BCUT2D eigenvalue weighted by molar-refractivity contribution is 14.2. The number of hydrogen-bond donors (Lipinski definition) is 1. The molecule has 3 nitrogen and oxygen atoms in total. The molecular weight excluding hydrogens is 583 g/mol. The van der Waals surface area contributed by atoms with Crippen LogP contribution in [0.25, 0.3) is 0 Å². The van der Waals surface area contributed by atoms with Crippen molar-refractivity contribution in [3.63, 3.8) is 0 Å². The summed E-state index contributed by atoms with van der Waals surface area (Å²) in [6.45, 7) is 5.87. The zero-order chi connectivity index (χ0) is 25.4. The molecule has 11 heteroatoms. The lowest BCUT2D eigenvalue weighted by Crippen LogP contribution is -2.44. The van der Waals surface area contributed by atoms with Crippen molar-refractivity contribution in [2.24, 2.45) is 11.3 Å². The van der Waals surface area contributed by atoms with Crippen molar-refractivity contribution < 1.29 is 36.2 Å². The molecule has 2 atom stereocenters. The molecule has 1 saturated heterocycles. The number of halogens is 7. The fraction of sp³-hybridized carbons (Fsp3) is 0.682. The second kappa shape index (κ2) is 12.9. The van der Waals surface area contributed by atoms with Gasteiger partial charge in [0.15, 0.2) is 0 Å². The van der Waals surface area contributed by atoms with Gasteiger partial charge in [0.1, 0.15) is 0 Å². The summed E-state index contributed by atoms with van der Waals surface area (Å²) in [6, 6.07) is 4.15. The molecule has 1 heterocycles. The molecule has 1 aliphatic heterocycles. The topological polar surface area (TPSA) is 40.5 Å². The lowest BCUT2D eigenvalue weighted by molar-refractivity contribution is -0.152. The molecule has 1 fully saturated rings. The Hall–Kier alpha value is -0.690. The smallest absolute Gasteiger partial charge is 0.416 e. The number of rotatable bonds is 7. The molecule has 0 aliphatic carbocycles. The van der Waals surface area contributed by atoms with Crippen LogP contribution in [0, 0.1) is 11.3 Å². The van der Waals surface area contributed by atoms with E-state index in [4.69, 9.17) is 0 Å². The minimum atomic E-state index is -4.48. The van der Waals surface area contributed by atoms with Crippen LogP contribution in [-0.2, 0) is 11.0 Å². The van der Waals surface area contributed by atoms with Gasteiger partial charge in [0.2, 0.25) is 0 Å². The molecule has 0 spiro atoms. The summed E-state index contributed by atoms with van der Waals surface area (Å²) in [4.78, 5) is 13.4. The first-order valence-electron chi connectivity index (χ1n) is 10.6. The van der Waals surface area contributed by atoms with E-state index in [0.29, 0.717) is 24.9 Å². The van der Waals surface area contributed by atoms with Gasteiger partial charge >= 0.3 is 18.3 Å². The first-order valence-corrected chi connectivity index (χ1v) is 14.1. The first kappa shape index (κ1) is 30.3. The largest absolute Gasteiger partial charge is 0.481 e. The van der Waals surface area contributed by atoms with Crippen LogP contribution in [0.4, 0.5) is 26.3 Å². The average Bonchev–Trinajstić information content (AvgIpc) is 2.72. The molecule has 1 aliphatic rings. The standard InChI is InChI=1S/C20H25F6NO2.C2H5IS/c1-18(2,17(28)29)15-8-11-27(10-3-9-19(21,22)23)16(12-15)13-4-6-14(7-5-13)20(24,25)26;1-2-4-3/h4-7,15-16H,3,8-12H2,1-2H3,(H,28,29);2H2,1H3. The Labute approximate surface area is 207 Å². The number of benzene rings is 1. The van der Waals surface area contributed by atoms with Gasteiger partial charge in [0.05, 0.1) is 11.0 Å². The molecule has 0 bridgehead atoms. The van der Waals surface area contributed by atoms with Crippen molar-refractivity contribution in [2.45, 2.75) is 64.8 Å². The number of aliphatic carboxylic acids is 1. The predicted octanol–water partition coefficient (Wildman–Crippen LogP) is 8.00. The van der Waals surface area contributed by atoms with Crippen LogP contribution in [0.2, 0.25) is 0 Å². The molecule has 2 rings (SSSR count). The Morgan fingerprint density at radius 1 is 1.15 bits per heavy atom. The number of carboxylic acid groups (broad SMARTS) is 1. The molecule has 0 amide bonds. The number of carboxylic acids is 1. The molecule has 0 saturated carbocycles. The average molecular weight is 613 g/mol. The predicted molar refractivity (Wildman–Crippen MR) is 127 cm³/mol. The van der Waals surface area contributed by atoms with Crippen LogP contribution in [0.1, 0.15) is 63.6 Å². The highest BCUT2D eigenvalue weighted by Crippen LogP contribution is 2.43. The van der Waals surface area contributed by atoms with Crippen molar-refractivity contribution >= 4 is 36.1 Å². The maximum absolute atomic E-state index is 12.8. The summed E-state index contributed by atoms with van der Waals surface area (Å²) >= 11 is 2.27. The van der Waals surface area contributed by atoms with E-state index in [9.17, 15) is 36.2 Å². The molecule has 0 aromatic heterocycles. The third-order valence-corrected chi connectivity index (χ3v) is 8.01. The van der Waals surface area contributed by atoms with E-state index < -0.39 is 41.8 Å². The second-order valence-electron chi connectivity index (χ2n) is 8.54. The number of nitrogens with zero attached hydrogens (tertiary/aromatic N) is 1. The van der Waals surface area contributed by atoms with Crippen LogP contribution < -0.4 is 0 Å². The van der Waals surface area contributed by atoms with Gasteiger partial charge in [-0.3, -0.25) is 9.69 Å². The van der Waals surface area contributed by atoms with Gasteiger partial charge in [-0.1, -0.05) is 28.0 Å². The molecule has 1 N–H and O–H groups in total. The van der Waals surface area contributed by atoms with E-state index in [-0.39, 0.29) is 18.9 Å². The number of hydrogen-bond acceptors (Lipinski definition) is 3. The zero-order valence-electron chi connectivity index (χ0n) is 18.8. The van der Waals surface area contributed by atoms with Crippen LogP contribution in [0.15, 0.2) is 24.3 Å².